The van der Waals surface area contributed by atoms with Crippen molar-refractivity contribution < 1.29 is 0 Å². The summed E-state index contributed by atoms with van der Waals surface area (Å²) in [5.74, 6) is 0. The van der Waals surface area contributed by atoms with E-state index in [1.165, 1.54) is 66.8 Å². The summed E-state index contributed by atoms with van der Waals surface area (Å²) < 4.78 is 0. The van der Waals surface area contributed by atoms with Crippen molar-refractivity contribution in [2.45, 2.75) is 16.2 Å². The maximum absolute atomic E-state index is 2.43. The van der Waals surface area contributed by atoms with E-state index in [0.29, 0.717) is 0 Å². The van der Waals surface area contributed by atoms with E-state index in [2.05, 4.69) is 146 Å². The molecule has 0 radical (unpaired) electrons. The van der Waals surface area contributed by atoms with Gasteiger partial charge in [-0.25, -0.2) is 0 Å². The molecule has 0 saturated heterocycles. The molecule has 6 aromatic rings. The molecule has 0 heteroatoms. The lowest BCUT2D eigenvalue weighted by Gasteiger charge is -2.22. The van der Waals surface area contributed by atoms with Crippen LogP contribution in [0.2, 0.25) is 0 Å². The summed E-state index contributed by atoms with van der Waals surface area (Å²) >= 11 is 0. The molecule has 4 aliphatic carbocycles. The van der Waals surface area contributed by atoms with Gasteiger partial charge < -0.3 is 0 Å². The Balaban J connectivity index is 1.52. The standard InChI is InChI=1S/C39H24/c1-7-19-31-25(13-1)26-14-2-8-20-32(26)37(31)38(33-21-9-3-15-27(33)28-16-4-10-22-34(28)38)39(37)35-23-11-5-17-29(35)30-18-6-12-24-36(30)39/h1-24H. The van der Waals surface area contributed by atoms with Gasteiger partial charge in [0, 0.05) is 0 Å². The highest BCUT2D eigenvalue weighted by atomic mass is 14.9. The third kappa shape index (κ3) is 1.81. The van der Waals surface area contributed by atoms with E-state index in [-0.39, 0.29) is 16.2 Å². The maximum Gasteiger partial charge on any atom is 0.0514 e. The monoisotopic (exact) mass is 492 g/mol. The number of rotatable bonds is 0. The Labute approximate surface area is 228 Å². The molecule has 10 rings (SSSR count). The molecule has 1 saturated carbocycles. The van der Waals surface area contributed by atoms with Crippen molar-refractivity contribution in [2.75, 3.05) is 0 Å². The summed E-state index contributed by atoms with van der Waals surface area (Å²) in [6.45, 7) is 0. The summed E-state index contributed by atoms with van der Waals surface area (Å²) in [4.78, 5) is 0. The van der Waals surface area contributed by atoms with Gasteiger partial charge in [0.1, 0.15) is 0 Å². The van der Waals surface area contributed by atoms with Crippen LogP contribution in [0.3, 0.4) is 0 Å². The van der Waals surface area contributed by atoms with Crippen LogP contribution in [-0.2, 0) is 16.2 Å². The highest BCUT2D eigenvalue weighted by molar-refractivity contribution is 6.03. The first-order chi connectivity index (χ1) is 19.4. The highest BCUT2D eigenvalue weighted by Gasteiger charge is 2.93. The summed E-state index contributed by atoms with van der Waals surface area (Å²) in [6.07, 6.45) is 0. The molecule has 0 bridgehead atoms. The van der Waals surface area contributed by atoms with Gasteiger partial charge in [-0.3, -0.25) is 0 Å². The van der Waals surface area contributed by atoms with Crippen molar-refractivity contribution in [1.82, 2.24) is 0 Å². The van der Waals surface area contributed by atoms with E-state index < -0.39 is 0 Å². The summed E-state index contributed by atoms with van der Waals surface area (Å²) in [6, 6.07) is 55.5. The van der Waals surface area contributed by atoms with Crippen molar-refractivity contribution >= 4 is 0 Å². The molecule has 0 heterocycles. The van der Waals surface area contributed by atoms with Gasteiger partial charge in [-0.2, -0.15) is 0 Å². The first-order valence-electron chi connectivity index (χ1n) is 14.0. The predicted molar refractivity (Wildman–Crippen MR) is 158 cm³/mol. The zero-order valence-corrected chi connectivity index (χ0v) is 21.4. The van der Waals surface area contributed by atoms with E-state index in [1.54, 1.807) is 0 Å². The van der Waals surface area contributed by atoms with Crippen molar-refractivity contribution in [1.29, 1.82) is 0 Å². The maximum atomic E-state index is 2.43. The summed E-state index contributed by atoms with van der Waals surface area (Å²) in [5.41, 5.74) is 16.3. The molecule has 39 heavy (non-hydrogen) atoms. The summed E-state index contributed by atoms with van der Waals surface area (Å²) in [7, 11) is 0. The number of fused-ring (bicyclic) bond motifs is 18. The van der Waals surface area contributed by atoms with Gasteiger partial charge in [0.25, 0.3) is 0 Å². The Kier molecular flexibility index (Phi) is 3.37. The van der Waals surface area contributed by atoms with Gasteiger partial charge in [0.05, 0.1) is 16.2 Å². The molecule has 180 valence electrons. The Morgan fingerprint density at radius 3 is 0.538 bits per heavy atom. The minimum atomic E-state index is -0.265. The Morgan fingerprint density at radius 2 is 0.359 bits per heavy atom. The van der Waals surface area contributed by atoms with E-state index in [9.17, 15) is 0 Å². The first-order valence-corrected chi connectivity index (χ1v) is 14.0. The summed E-state index contributed by atoms with van der Waals surface area (Å²) in [5, 5.41) is 0. The van der Waals surface area contributed by atoms with Crippen LogP contribution in [0.15, 0.2) is 146 Å². The predicted octanol–water partition coefficient (Wildman–Crippen LogP) is 8.90. The topological polar surface area (TPSA) is 0 Å². The lowest BCUT2D eigenvalue weighted by Crippen LogP contribution is -2.21. The molecule has 0 atom stereocenters. The Bertz CT molecular complexity index is 1660. The van der Waals surface area contributed by atoms with Crippen LogP contribution >= 0.6 is 0 Å². The average molecular weight is 493 g/mol. The van der Waals surface area contributed by atoms with Gasteiger partial charge >= 0.3 is 0 Å². The van der Waals surface area contributed by atoms with E-state index in [1.807, 2.05) is 0 Å². The van der Waals surface area contributed by atoms with E-state index in [4.69, 9.17) is 0 Å². The molecule has 0 unspecified atom stereocenters. The van der Waals surface area contributed by atoms with Crippen LogP contribution in [0.1, 0.15) is 33.4 Å². The third-order valence-electron chi connectivity index (χ3n) is 10.5. The second-order valence-electron chi connectivity index (χ2n) is 11.5. The fraction of sp³-hybridized carbons (Fsp3) is 0.0769. The number of benzene rings is 6. The van der Waals surface area contributed by atoms with Crippen LogP contribution in [0.5, 0.6) is 0 Å². The van der Waals surface area contributed by atoms with Crippen LogP contribution in [0, 0.1) is 0 Å². The van der Waals surface area contributed by atoms with Gasteiger partial charge in [-0.05, 0) is 66.8 Å². The average Bonchev–Trinajstić information content (AvgIpc) is 3.17. The second kappa shape index (κ2) is 6.47. The third-order valence-corrected chi connectivity index (χ3v) is 10.5. The molecule has 0 aliphatic heterocycles. The minimum absolute atomic E-state index is 0.265. The molecule has 1 fully saturated rings. The first kappa shape index (κ1) is 20.3. The van der Waals surface area contributed by atoms with E-state index in [0.717, 1.165) is 0 Å². The second-order valence-corrected chi connectivity index (χ2v) is 11.5. The lowest BCUT2D eigenvalue weighted by molar-refractivity contribution is 0.719. The van der Waals surface area contributed by atoms with Crippen LogP contribution < -0.4 is 0 Å². The quantitative estimate of drug-likeness (QED) is 0.199. The fourth-order valence-electron chi connectivity index (χ4n) is 9.69. The molecular formula is C39H24. The van der Waals surface area contributed by atoms with Gasteiger partial charge in [0.2, 0.25) is 0 Å². The highest BCUT2D eigenvalue weighted by Crippen LogP contribution is 2.92. The van der Waals surface area contributed by atoms with Crippen molar-refractivity contribution in [3.05, 3.63) is 179 Å². The Hall–Kier alpha value is -4.68. The zero-order valence-electron chi connectivity index (χ0n) is 21.4. The molecule has 4 aliphatic rings. The lowest BCUT2D eigenvalue weighted by atomic mass is 9.78. The SMILES string of the molecule is c1ccc2c(c1)-c1ccccc1C21C2(c3ccccc3-c3ccccc32)C12c1ccccc1-c1ccccc12. The molecular weight excluding hydrogens is 468 g/mol. The molecule has 3 spiro atoms. The Morgan fingerprint density at radius 1 is 0.205 bits per heavy atom. The zero-order chi connectivity index (χ0) is 25.4. The van der Waals surface area contributed by atoms with Gasteiger partial charge in [-0.15, -0.1) is 0 Å². The van der Waals surface area contributed by atoms with Crippen molar-refractivity contribution in [3.63, 3.8) is 0 Å². The van der Waals surface area contributed by atoms with Crippen LogP contribution in [0.4, 0.5) is 0 Å². The van der Waals surface area contributed by atoms with E-state index >= 15 is 0 Å². The van der Waals surface area contributed by atoms with Gasteiger partial charge in [-0.1, -0.05) is 146 Å². The molecule has 6 aromatic carbocycles. The molecule has 0 N–H and O–H groups in total. The smallest absolute Gasteiger partial charge is 0.0514 e. The van der Waals surface area contributed by atoms with Crippen LogP contribution in [0.25, 0.3) is 33.4 Å². The normalized spacial score (nSPS) is 17.8. The molecule has 0 nitrogen and oxygen atoms in total. The molecule has 0 amide bonds. The van der Waals surface area contributed by atoms with Crippen LogP contribution in [-0.4, -0.2) is 0 Å². The van der Waals surface area contributed by atoms with Gasteiger partial charge in [0.15, 0.2) is 0 Å². The fourth-order valence-corrected chi connectivity index (χ4v) is 9.69. The largest absolute Gasteiger partial charge is 0.0619 e. The number of hydrogen-bond acceptors (Lipinski definition) is 0. The van der Waals surface area contributed by atoms with Crippen molar-refractivity contribution in [3.8, 4) is 33.4 Å². The minimum Gasteiger partial charge on any atom is -0.0619 e. The molecule has 0 aromatic heterocycles. The number of hydrogen-bond donors (Lipinski definition) is 0. The van der Waals surface area contributed by atoms with Crippen molar-refractivity contribution in [2.24, 2.45) is 0 Å².